The smallest absolute Gasteiger partial charge is 0.216 e. The lowest BCUT2D eigenvalue weighted by Crippen LogP contribution is -2.24. The Bertz CT molecular complexity index is 639. The van der Waals surface area contributed by atoms with Crippen LogP contribution in [0.4, 0.5) is 0 Å². The molecule has 0 bridgehead atoms. The first-order chi connectivity index (χ1) is 9.59. The molecule has 2 N–H and O–H groups in total. The van der Waals surface area contributed by atoms with Crippen LogP contribution in [0, 0.1) is 0 Å². The second kappa shape index (κ2) is 6.65. The van der Waals surface area contributed by atoms with Crippen LogP contribution in [0.2, 0.25) is 0 Å². The quantitative estimate of drug-likeness (QED) is 0.796. The van der Waals surface area contributed by atoms with Crippen molar-refractivity contribution in [1.29, 1.82) is 0 Å². The molecule has 0 spiro atoms. The van der Waals surface area contributed by atoms with E-state index >= 15 is 0 Å². The number of hydrogen-bond acceptors (Lipinski definition) is 5. The van der Waals surface area contributed by atoms with Crippen molar-refractivity contribution in [1.82, 2.24) is 15.2 Å². The molecular formula is C13H17N3O3S. The van der Waals surface area contributed by atoms with E-state index in [0.29, 0.717) is 12.2 Å². The zero-order chi connectivity index (χ0) is 14.4. The summed E-state index contributed by atoms with van der Waals surface area (Å²) >= 11 is 0. The van der Waals surface area contributed by atoms with Gasteiger partial charge >= 0.3 is 0 Å². The molecule has 2 rings (SSSR count). The Morgan fingerprint density at radius 3 is 2.70 bits per heavy atom. The molecule has 20 heavy (non-hydrogen) atoms. The molecule has 1 aromatic carbocycles. The van der Waals surface area contributed by atoms with Gasteiger partial charge in [-0.15, -0.1) is 0 Å². The Kier molecular flexibility index (Phi) is 4.89. The average molecular weight is 295 g/mol. The van der Waals surface area contributed by atoms with Crippen molar-refractivity contribution < 1.29 is 12.9 Å². The van der Waals surface area contributed by atoms with Gasteiger partial charge < -0.3 is 9.84 Å². The van der Waals surface area contributed by atoms with Gasteiger partial charge in [0, 0.05) is 12.6 Å². The summed E-state index contributed by atoms with van der Waals surface area (Å²) < 4.78 is 31.1. The fourth-order valence-electron chi connectivity index (χ4n) is 1.82. The van der Waals surface area contributed by atoms with Gasteiger partial charge in [0.2, 0.25) is 10.0 Å². The lowest BCUT2D eigenvalue weighted by molar-refractivity contribution is 0.411. The Balaban J connectivity index is 1.98. The molecular weight excluding hydrogens is 278 g/mol. The monoisotopic (exact) mass is 295 g/mol. The van der Waals surface area contributed by atoms with Gasteiger partial charge in [0.1, 0.15) is 6.26 Å². The molecule has 0 fully saturated rings. The van der Waals surface area contributed by atoms with Crippen LogP contribution < -0.4 is 10.0 Å². The molecule has 1 heterocycles. The highest BCUT2D eigenvalue weighted by Crippen LogP contribution is 2.09. The van der Waals surface area contributed by atoms with Crippen molar-refractivity contribution >= 4 is 10.0 Å². The molecule has 2 aromatic rings. The Hall–Kier alpha value is -1.70. The summed E-state index contributed by atoms with van der Waals surface area (Å²) in [5, 5.41) is 6.69. The lowest BCUT2D eigenvalue weighted by atomic mass is 10.1. The molecule has 0 saturated carbocycles. The minimum Gasteiger partial charge on any atom is -0.364 e. The molecule has 0 aliphatic carbocycles. The van der Waals surface area contributed by atoms with Gasteiger partial charge in [-0.2, -0.15) is 0 Å². The van der Waals surface area contributed by atoms with Crippen molar-refractivity contribution in [2.75, 3.05) is 7.05 Å². The molecule has 7 heteroatoms. The average Bonchev–Trinajstić information content (AvgIpc) is 2.90. The first-order valence-corrected chi connectivity index (χ1v) is 7.83. The van der Waals surface area contributed by atoms with E-state index in [4.69, 9.17) is 0 Å². The van der Waals surface area contributed by atoms with Gasteiger partial charge in [0.05, 0.1) is 18.0 Å². The molecule has 0 aliphatic rings. The van der Waals surface area contributed by atoms with Crippen molar-refractivity contribution in [3.05, 3.63) is 53.4 Å². The summed E-state index contributed by atoms with van der Waals surface area (Å²) in [6.07, 6.45) is 1.41. The highest BCUT2D eigenvalue weighted by molar-refractivity contribution is 7.88. The number of aromatic nitrogens is 1. The Labute approximate surface area is 118 Å². The van der Waals surface area contributed by atoms with Crippen LogP contribution in [0.25, 0.3) is 0 Å². The molecule has 6 nitrogen and oxygen atoms in total. The van der Waals surface area contributed by atoms with E-state index in [0.717, 1.165) is 11.1 Å². The second-order valence-corrected chi connectivity index (χ2v) is 6.23. The fraction of sp³-hybridized carbons (Fsp3) is 0.308. The normalized spacial score (nSPS) is 11.7. The molecule has 0 amide bonds. The summed E-state index contributed by atoms with van der Waals surface area (Å²) in [6, 6.07) is 9.11. The minimum absolute atomic E-state index is 0.0532. The van der Waals surface area contributed by atoms with E-state index in [1.54, 1.807) is 12.1 Å². The van der Waals surface area contributed by atoms with Crippen LogP contribution in [0.5, 0.6) is 0 Å². The van der Waals surface area contributed by atoms with Crippen LogP contribution in [-0.4, -0.2) is 20.6 Å². The Morgan fingerprint density at radius 2 is 2.00 bits per heavy atom. The maximum atomic E-state index is 12.0. The van der Waals surface area contributed by atoms with Crippen LogP contribution in [0.1, 0.15) is 16.8 Å². The predicted octanol–water partition coefficient (Wildman–Crippen LogP) is 1.01. The first kappa shape index (κ1) is 14.7. The van der Waals surface area contributed by atoms with Gasteiger partial charge in [-0.3, -0.25) is 0 Å². The van der Waals surface area contributed by atoms with Crippen LogP contribution >= 0.6 is 0 Å². The number of benzene rings is 1. The first-order valence-electron chi connectivity index (χ1n) is 6.18. The molecule has 0 aliphatic heterocycles. The van der Waals surface area contributed by atoms with Gasteiger partial charge in [-0.05, 0) is 18.2 Å². The van der Waals surface area contributed by atoms with E-state index in [1.165, 1.54) is 6.26 Å². The lowest BCUT2D eigenvalue weighted by Gasteiger charge is -2.07. The third-order valence-electron chi connectivity index (χ3n) is 2.69. The number of nitrogens with one attached hydrogen (secondary N) is 2. The number of hydrogen-bond donors (Lipinski definition) is 2. The van der Waals surface area contributed by atoms with E-state index < -0.39 is 10.0 Å². The van der Waals surface area contributed by atoms with Gasteiger partial charge in [0.25, 0.3) is 0 Å². The molecule has 0 radical (unpaired) electrons. The SMILES string of the molecule is CNCc1cccc(CS(=O)(=O)NCc2ccon2)c1. The highest BCUT2D eigenvalue weighted by Gasteiger charge is 2.12. The Morgan fingerprint density at radius 1 is 1.20 bits per heavy atom. The molecule has 0 atom stereocenters. The van der Waals surface area contributed by atoms with Gasteiger partial charge in [0.15, 0.2) is 0 Å². The molecule has 0 unspecified atom stereocenters. The minimum atomic E-state index is -3.39. The third kappa shape index (κ3) is 4.44. The molecule has 0 saturated heterocycles. The van der Waals surface area contributed by atoms with E-state index in [-0.39, 0.29) is 12.3 Å². The predicted molar refractivity (Wildman–Crippen MR) is 75.2 cm³/mol. The standard InChI is InChI=1S/C13H17N3O3S/c1-14-8-11-3-2-4-12(7-11)10-20(17,18)15-9-13-5-6-19-16-13/h2-7,14-15H,8-10H2,1H3. The van der Waals surface area contributed by atoms with Crippen LogP contribution in [-0.2, 0) is 28.9 Å². The van der Waals surface area contributed by atoms with Gasteiger partial charge in [-0.25, -0.2) is 13.1 Å². The van der Waals surface area contributed by atoms with E-state index in [1.807, 2.05) is 25.2 Å². The number of sulfonamides is 1. The molecule has 108 valence electrons. The zero-order valence-corrected chi connectivity index (χ0v) is 12.0. The third-order valence-corrected chi connectivity index (χ3v) is 3.99. The largest absolute Gasteiger partial charge is 0.364 e. The highest BCUT2D eigenvalue weighted by atomic mass is 32.2. The summed E-state index contributed by atoms with van der Waals surface area (Å²) in [5.41, 5.74) is 2.36. The van der Waals surface area contributed by atoms with Crippen LogP contribution in [0.15, 0.2) is 41.1 Å². The second-order valence-electron chi connectivity index (χ2n) is 4.42. The maximum absolute atomic E-state index is 12.0. The van der Waals surface area contributed by atoms with Crippen molar-refractivity contribution in [2.45, 2.75) is 18.8 Å². The number of nitrogens with zero attached hydrogens (tertiary/aromatic N) is 1. The topological polar surface area (TPSA) is 84.2 Å². The number of rotatable bonds is 7. The van der Waals surface area contributed by atoms with Crippen molar-refractivity contribution in [3.8, 4) is 0 Å². The summed E-state index contributed by atoms with van der Waals surface area (Å²) in [7, 11) is -1.54. The summed E-state index contributed by atoms with van der Waals surface area (Å²) in [5.74, 6) is -0.0532. The maximum Gasteiger partial charge on any atom is 0.216 e. The van der Waals surface area contributed by atoms with E-state index in [2.05, 4.69) is 19.7 Å². The summed E-state index contributed by atoms with van der Waals surface area (Å²) in [4.78, 5) is 0. The zero-order valence-electron chi connectivity index (χ0n) is 11.2. The summed E-state index contributed by atoms with van der Waals surface area (Å²) in [6.45, 7) is 0.843. The fourth-order valence-corrected chi connectivity index (χ4v) is 2.90. The van der Waals surface area contributed by atoms with Crippen LogP contribution in [0.3, 0.4) is 0 Å². The van der Waals surface area contributed by atoms with E-state index in [9.17, 15) is 8.42 Å². The van der Waals surface area contributed by atoms with Gasteiger partial charge in [-0.1, -0.05) is 29.4 Å². The van der Waals surface area contributed by atoms with Crippen molar-refractivity contribution in [2.24, 2.45) is 0 Å². The van der Waals surface area contributed by atoms with Crippen molar-refractivity contribution in [3.63, 3.8) is 0 Å². The molecule has 1 aromatic heterocycles.